The van der Waals surface area contributed by atoms with Crippen LogP contribution in [0.3, 0.4) is 0 Å². The van der Waals surface area contributed by atoms with Crippen molar-refractivity contribution in [3.05, 3.63) is 17.2 Å². The highest BCUT2D eigenvalue weighted by Crippen LogP contribution is 2.27. The number of thioether (sulfide) groups is 1. The minimum absolute atomic E-state index is 0.0578. The summed E-state index contributed by atoms with van der Waals surface area (Å²) in [6.45, 7) is 7.39. The molecule has 1 atom stereocenters. The summed E-state index contributed by atoms with van der Waals surface area (Å²) in [4.78, 5) is 16.1. The number of hydrogen-bond acceptors (Lipinski definition) is 6. The van der Waals surface area contributed by atoms with Crippen LogP contribution in [0.15, 0.2) is 11.1 Å². The largest absolute Gasteiger partial charge is 0.383 e. The second-order valence-electron chi connectivity index (χ2n) is 5.50. The second-order valence-corrected chi connectivity index (χ2v) is 6.83. The molecule has 1 amide bonds. The summed E-state index contributed by atoms with van der Waals surface area (Å²) in [5.41, 5.74) is 5.71. The third-order valence-electron chi connectivity index (χ3n) is 2.41. The maximum absolute atomic E-state index is 12.0. The Labute approximate surface area is 128 Å². The summed E-state index contributed by atoms with van der Waals surface area (Å²) in [5, 5.41) is 20.8. The quantitative estimate of drug-likeness (QED) is 0.823. The number of nitrogens with two attached hydrogens (primary N) is 1. The number of anilines is 1. The third kappa shape index (κ3) is 4.66. The Bertz CT molecular complexity index is 636. The predicted molar refractivity (Wildman–Crippen MR) is 81.3 cm³/mol. The lowest BCUT2D eigenvalue weighted by molar-refractivity contribution is -0.121. The number of nitrogen functional groups attached to an aromatic ring is 1. The summed E-state index contributed by atoms with van der Waals surface area (Å²) in [5.74, 6) is -0.0939. The first-order chi connectivity index (χ1) is 9.67. The van der Waals surface area contributed by atoms with Gasteiger partial charge in [0.15, 0.2) is 0 Å². The molecular formula is C14H17N5OS. The minimum Gasteiger partial charge on any atom is -0.383 e. The van der Waals surface area contributed by atoms with Crippen LogP contribution >= 0.6 is 11.8 Å². The van der Waals surface area contributed by atoms with Crippen LogP contribution in [0.4, 0.5) is 5.82 Å². The van der Waals surface area contributed by atoms with Crippen LogP contribution in [-0.4, -0.2) is 21.7 Å². The standard InChI is InChI=1S/C14H17N5OS/c1-8(12(20)19-14(2,3)4)21-13-10(7-16)5-9(6-15)11(17)18-13/h5,8H,1-4H3,(H2,17,18)(H,19,20)/t8-/m1/s1. The number of aromatic nitrogens is 1. The Hall–Kier alpha value is -2.25. The molecule has 0 unspecified atom stereocenters. The minimum atomic E-state index is -0.434. The molecule has 0 aliphatic carbocycles. The Morgan fingerprint density at radius 2 is 1.95 bits per heavy atom. The van der Waals surface area contributed by atoms with E-state index in [4.69, 9.17) is 16.3 Å². The van der Waals surface area contributed by atoms with Gasteiger partial charge in [-0.15, -0.1) is 0 Å². The number of carbonyl (C=O) groups is 1. The van der Waals surface area contributed by atoms with E-state index in [0.717, 1.165) is 11.8 Å². The summed E-state index contributed by atoms with van der Waals surface area (Å²) >= 11 is 1.14. The molecule has 3 N–H and O–H groups in total. The zero-order valence-corrected chi connectivity index (χ0v) is 13.2. The number of pyridine rings is 1. The van der Waals surface area contributed by atoms with Crippen LogP contribution in [-0.2, 0) is 4.79 Å². The molecule has 0 aliphatic rings. The van der Waals surface area contributed by atoms with Gasteiger partial charge in [-0.1, -0.05) is 11.8 Å². The van der Waals surface area contributed by atoms with Crippen molar-refractivity contribution in [3.63, 3.8) is 0 Å². The molecule has 7 heteroatoms. The number of nitrogens with one attached hydrogen (secondary N) is 1. The highest BCUT2D eigenvalue weighted by molar-refractivity contribution is 8.00. The van der Waals surface area contributed by atoms with Gasteiger partial charge in [-0.25, -0.2) is 4.98 Å². The van der Waals surface area contributed by atoms with Gasteiger partial charge in [0.25, 0.3) is 0 Å². The van der Waals surface area contributed by atoms with Crippen molar-refractivity contribution in [3.8, 4) is 12.1 Å². The summed E-state index contributed by atoms with van der Waals surface area (Å²) in [7, 11) is 0. The fourth-order valence-electron chi connectivity index (χ4n) is 1.46. The molecule has 1 aromatic heterocycles. The average molecular weight is 303 g/mol. The van der Waals surface area contributed by atoms with E-state index in [1.54, 1.807) is 6.92 Å². The SMILES string of the molecule is C[C@@H](Sc1nc(N)c(C#N)cc1C#N)C(=O)NC(C)(C)C. The Kier molecular flexibility index (Phi) is 5.17. The molecular weight excluding hydrogens is 286 g/mol. The molecule has 1 heterocycles. The number of nitrogens with zero attached hydrogens (tertiary/aromatic N) is 3. The fraction of sp³-hybridized carbons (Fsp3) is 0.429. The molecule has 0 saturated carbocycles. The summed E-state index contributed by atoms with van der Waals surface area (Å²) in [6, 6.07) is 5.23. The summed E-state index contributed by atoms with van der Waals surface area (Å²) < 4.78 is 0. The highest BCUT2D eigenvalue weighted by atomic mass is 32.2. The summed E-state index contributed by atoms with van der Waals surface area (Å²) in [6.07, 6.45) is 0. The first kappa shape index (κ1) is 16.8. The van der Waals surface area contributed by atoms with Gasteiger partial charge in [-0.3, -0.25) is 4.79 Å². The van der Waals surface area contributed by atoms with Crippen molar-refractivity contribution < 1.29 is 4.79 Å². The molecule has 0 bridgehead atoms. The van der Waals surface area contributed by atoms with E-state index in [1.165, 1.54) is 6.07 Å². The molecule has 1 rings (SSSR count). The van der Waals surface area contributed by atoms with Crippen LogP contribution in [0.5, 0.6) is 0 Å². The fourth-order valence-corrected chi connectivity index (χ4v) is 2.34. The van der Waals surface area contributed by atoms with Crippen molar-refractivity contribution in [2.45, 2.75) is 43.5 Å². The topological polar surface area (TPSA) is 116 Å². The molecule has 0 saturated heterocycles. The van der Waals surface area contributed by atoms with Crippen LogP contribution in [0.2, 0.25) is 0 Å². The Morgan fingerprint density at radius 3 is 2.43 bits per heavy atom. The molecule has 0 fully saturated rings. The van der Waals surface area contributed by atoms with Crippen molar-refractivity contribution >= 4 is 23.5 Å². The first-order valence-corrected chi connectivity index (χ1v) is 7.15. The number of nitriles is 2. The molecule has 0 aromatic carbocycles. The van der Waals surface area contributed by atoms with E-state index in [1.807, 2.05) is 32.9 Å². The van der Waals surface area contributed by atoms with E-state index >= 15 is 0 Å². The maximum atomic E-state index is 12.0. The van der Waals surface area contributed by atoms with Gasteiger partial charge < -0.3 is 11.1 Å². The van der Waals surface area contributed by atoms with Gasteiger partial charge in [-0.05, 0) is 33.8 Å². The molecule has 0 radical (unpaired) electrons. The van der Waals surface area contributed by atoms with Crippen molar-refractivity contribution in [2.24, 2.45) is 0 Å². The van der Waals surface area contributed by atoms with E-state index in [-0.39, 0.29) is 28.4 Å². The number of carbonyl (C=O) groups excluding carboxylic acids is 1. The Balaban J connectivity index is 2.98. The van der Waals surface area contributed by atoms with Crippen LogP contribution in [0.25, 0.3) is 0 Å². The van der Waals surface area contributed by atoms with Gasteiger partial charge in [0.2, 0.25) is 5.91 Å². The van der Waals surface area contributed by atoms with Gasteiger partial charge in [0.1, 0.15) is 23.0 Å². The molecule has 0 aliphatic heterocycles. The van der Waals surface area contributed by atoms with E-state index in [2.05, 4.69) is 10.3 Å². The van der Waals surface area contributed by atoms with Gasteiger partial charge in [0, 0.05) is 5.54 Å². The lowest BCUT2D eigenvalue weighted by Gasteiger charge is -2.23. The molecule has 6 nitrogen and oxygen atoms in total. The van der Waals surface area contributed by atoms with Crippen LogP contribution in [0, 0.1) is 22.7 Å². The average Bonchev–Trinajstić information content (AvgIpc) is 2.37. The third-order valence-corrected chi connectivity index (χ3v) is 3.52. The monoisotopic (exact) mass is 303 g/mol. The van der Waals surface area contributed by atoms with Gasteiger partial charge >= 0.3 is 0 Å². The smallest absolute Gasteiger partial charge is 0.233 e. The van der Waals surface area contributed by atoms with Gasteiger partial charge in [0.05, 0.1) is 16.4 Å². The van der Waals surface area contributed by atoms with E-state index in [0.29, 0.717) is 5.03 Å². The van der Waals surface area contributed by atoms with E-state index in [9.17, 15) is 4.79 Å². The lowest BCUT2D eigenvalue weighted by atomic mass is 10.1. The first-order valence-electron chi connectivity index (χ1n) is 6.27. The van der Waals surface area contributed by atoms with Gasteiger partial charge in [-0.2, -0.15) is 10.5 Å². The molecule has 0 spiro atoms. The number of hydrogen-bond donors (Lipinski definition) is 2. The van der Waals surface area contributed by atoms with Crippen LogP contribution in [0.1, 0.15) is 38.8 Å². The van der Waals surface area contributed by atoms with Crippen molar-refractivity contribution in [1.29, 1.82) is 10.5 Å². The molecule has 21 heavy (non-hydrogen) atoms. The van der Waals surface area contributed by atoms with Crippen molar-refractivity contribution in [1.82, 2.24) is 10.3 Å². The number of rotatable bonds is 3. The Morgan fingerprint density at radius 1 is 1.38 bits per heavy atom. The zero-order valence-electron chi connectivity index (χ0n) is 12.4. The predicted octanol–water partition coefficient (Wildman–Crippen LogP) is 1.80. The van der Waals surface area contributed by atoms with Crippen LogP contribution < -0.4 is 11.1 Å². The van der Waals surface area contributed by atoms with E-state index < -0.39 is 5.25 Å². The maximum Gasteiger partial charge on any atom is 0.233 e. The second kappa shape index (κ2) is 6.47. The highest BCUT2D eigenvalue weighted by Gasteiger charge is 2.22. The number of amides is 1. The lowest BCUT2D eigenvalue weighted by Crippen LogP contribution is -2.44. The zero-order chi connectivity index (χ0) is 16.2. The molecule has 1 aromatic rings. The molecule has 110 valence electrons. The van der Waals surface area contributed by atoms with Crippen molar-refractivity contribution in [2.75, 3.05) is 5.73 Å². The normalized spacial score (nSPS) is 12.1.